The summed E-state index contributed by atoms with van der Waals surface area (Å²) in [7, 11) is 5.99. The SMILES string of the molecule is CC/C=C\C/C=C\C/C=C\C/C=C\C/C=C\C/C=C\CCCCCCCCCCCCCCCCCCCCCCC(=O)OC(COC(=O)CCCCCCCCCCCCCCCCCCCCCCCC)COC(OCC[N+](C)(C)C)C(=O)O. The highest BCUT2D eigenvalue weighted by Crippen LogP contribution is 2.19. The van der Waals surface area contributed by atoms with E-state index in [-0.39, 0.29) is 38.2 Å². The Morgan fingerprint density at radius 3 is 0.988 bits per heavy atom. The Morgan fingerprint density at radius 2 is 0.663 bits per heavy atom. The molecule has 0 bridgehead atoms. The summed E-state index contributed by atoms with van der Waals surface area (Å²) in [5.41, 5.74) is 0. The molecule has 2 atom stereocenters. The van der Waals surface area contributed by atoms with E-state index < -0.39 is 18.4 Å². The van der Waals surface area contributed by atoms with Gasteiger partial charge in [0.25, 0.3) is 6.29 Å². The fraction of sp³-hybridized carbons (Fsp3) is 0.805. The molecule has 0 heterocycles. The molecule has 0 saturated heterocycles. The average Bonchev–Trinajstić information content (AvgIpc) is 3.63. The van der Waals surface area contributed by atoms with Gasteiger partial charge in [-0.25, -0.2) is 4.79 Å². The largest absolute Gasteiger partial charge is 0.477 e. The van der Waals surface area contributed by atoms with Crippen LogP contribution in [0.4, 0.5) is 0 Å². The van der Waals surface area contributed by atoms with Gasteiger partial charge in [-0.05, 0) is 64.2 Å². The normalized spacial score (nSPS) is 13.1. The number of carbonyl (C=O) groups excluding carboxylic acids is 2. The Hall–Kier alpha value is -3.27. The molecule has 0 rings (SSSR count). The third kappa shape index (κ3) is 68.2. The number of likely N-dealkylation sites (N-methyl/N-ethyl adjacent to an activating group) is 1. The minimum absolute atomic E-state index is 0.177. The molecule has 0 aromatic rings. The van der Waals surface area contributed by atoms with E-state index in [1.54, 1.807) is 0 Å². The Labute approximate surface area is 532 Å². The van der Waals surface area contributed by atoms with Crippen molar-refractivity contribution in [2.45, 2.75) is 354 Å². The number of aliphatic carboxylic acids is 1. The molecule has 0 radical (unpaired) electrons. The predicted molar refractivity (Wildman–Crippen MR) is 369 cm³/mol. The molecule has 0 aliphatic carbocycles. The first-order valence-electron chi connectivity index (χ1n) is 36.6. The van der Waals surface area contributed by atoms with Crippen LogP contribution in [0.3, 0.4) is 0 Å². The summed E-state index contributed by atoms with van der Waals surface area (Å²) < 4.78 is 23.0. The van der Waals surface area contributed by atoms with Crippen LogP contribution in [0, 0.1) is 0 Å². The lowest BCUT2D eigenvalue weighted by atomic mass is 10.0. The highest BCUT2D eigenvalue weighted by atomic mass is 16.7. The van der Waals surface area contributed by atoms with Crippen LogP contribution in [0.5, 0.6) is 0 Å². The van der Waals surface area contributed by atoms with Crippen LogP contribution in [-0.4, -0.2) is 87.4 Å². The van der Waals surface area contributed by atoms with Crippen molar-refractivity contribution in [3.63, 3.8) is 0 Å². The smallest absolute Gasteiger partial charge is 0.361 e. The molecule has 9 nitrogen and oxygen atoms in total. The maximum absolute atomic E-state index is 13.0. The Kier molecular flexibility index (Phi) is 65.1. The highest BCUT2D eigenvalue weighted by molar-refractivity contribution is 5.71. The van der Waals surface area contributed by atoms with Crippen LogP contribution in [0.15, 0.2) is 72.9 Å². The second-order valence-corrected chi connectivity index (χ2v) is 25.9. The molecule has 500 valence electrons. The van der Waals surface area contributed by atoms with E-state index in [4.69, 9.17) is 18.9 Å². The summed E-state index contributed by atoms with van der Waals surface area (Å²) in [6.45, 7) is 4.82. The van der Waals surface area contributed by atoms with E-state index in [9.17, 15) is 19.5 Å². The molecule has 9 heteroatoms. The number of unbranched alkanes of at least 4 members (excludes halogenated alkanes) is 41. The second kappa shape index (κ2) is 67.7. The Bertz CT molecular complexity index is 1640. The van der Waals surface area contributed by atoms with Crippen molar-refractivity contribution in [3.05, 3.63) is 72.9 Å². The summed E-state index contributed by atoms with van der Waals surface area (Å²) in [6.07, 6.45) is 87.4. The zero-order valence-electron chi connectivity index (χ0n) is 57.2. The van der Waals surface area contributed by atoms with Gasteiger partial charge in [0, 0.05) is 12.8 Å². The molecule has 0 fully saturated rings. The van der Waals surface area contributed by atoms with Gasteiger partial charge in [-0.15, -0.1) is 0 Å². The van der Waals surface area contributed by atoms with Gasteiger partial charge in [-0.2, -0.15) is 0 Å². The van der Waals surface area contributed by atoms with Crippen LogP contribution < -0.4 is 0 Å². The molecule has 0 aromatic carbocycles. The van der Waals surface area contributed by atoms with E-state index in [1.165, 1.54) is 238 Å². The number of carbonyl (C=O) groups is 3. The first kappa shape index (κ1) is 82.7. The Morgan fingerprint density at radius 1 is 0.360 bits per heavy atom. The number of allylic oxidation sites excluding steroid dienone is 12. The lowest BCUT2D eigenvalue weighted by molar-refractivity contribution is -0.870. The quantitative estimate of drug-likeness (QED) is 0.0211. The molecule has 0 aliphatic rings. The molecule has 0 aliphatic heterocycles. The first-order valence-corrected chi connectivity index (χ1v) is 36.6. The number of carboxylic acids is 1. The average molecular weight is 1210 g/mol. The first-order chi connectivity index (χ1) is 42.1. The van der Waals surface area contributed by atoms with Gasteiger partial charge in [-0.3, -0.25) is 9.59 Å². The number of esters is 2. The topological polar surface area (TPSA) is 108 Å². The zero-order valence-corrected chi connectivity index (χ0v) is 57.2. The summed E-state index contributed by atoms with van der Waals surface area (Å²) in [6, 6.07) is 0. The fourth-order valence-corrected chi connectivity index (χ4v) is 10.7. The van der Waals surface area contributed by atoms with Crippen molar-refractivity contribution in [3.8, 4) is 0 Å². The maximum atomic E-state index is 13.0. The molecule has 86 heavy (non-hydrogen) atoms. The van der Waals surface area contributed by atoms with Gasteiger partial charge in [-0.1, -0.05) is 337 Å². The number of rotatable bonds is 68. The van der Waals surface area contributed by atoms with Gasteiger partial charge in [0.05, 0.1) is 34.4 Å². The molecule has 2 unspecified atom stereocenters. The molecule has 1 N–H and O–H groups in total. The van der Waals surface area contributed by atoms with Crippen molar-refractivity contribution in [2.24, 2.45) is 0 Å². The van der Waals surface area contributed by atoms with Crippen molar-refractivity contribution >= 4 is 17.9 Å². The fourth-order valence-electron chi connectivity index (χ4n) is 10.7. The van der Waals surface area contributed by atoms with Gasteiger partial charge in [0.2, 0.25) is 0 Å². The third-order valence-electron chi connectivity index (χ3n) is 16.2. The van der Waals surface area contributed by atoms with E-state index in [0.717, 1.165) is 77.0 Å². The van der Waals surface area contributed by atoms with Crippen molar-refractivity contribution in [1.82, 2.24) is 0 Å². The second-order valence-electron chi connectivity index (χ2n) is 25.9. The number of quaternary nitrogens is 1. The number of nitrogens with zero attached hydrogens (tertiary/aromatic N) is 1. The number of hydrogen-bond donors (Lipinski definition) is 1. The van der Waals surface area contributed by atoms with E-state index >= 15 is 0 Å². The van der Waals surface area contributed by atoms with Crippen molar-refractivity contribution in [1.29, 1.82) is 0 Å². The summed E-state index contributed by atoms with van der Waals surface area (Å²) in [4.78, 5) is 37.6. The lowest BCUT2D eigenvalue weighted by Gasteiger charge is -2.25. The molecular weight excluding hydrogens is 1070 g/mol. The number of carboxylic acid groups (broad SMARTS) is 1. The van der Waals surface area contributed by atoms with Gasteiger partial charge in [0.15, 0.2) is 6.10 Å². The standard InChI is InChI=1S/C77H139NO8/c1-6-8-10-12-14-16-18-20-22-24-26-28-30-31-32-33-34-35-36-37-38-39-40-41-42-43-44-45-46-48-50-52-54-56-58-60-62-64-66-68-75(80)86-73(72-85-77(76(81)82)83-70-69-78(3,4)5)71-84-74(79)67-65-63-61-59-57-55-53-51-49-47-29-27-25-23-21-19-17-15-13-11-9-7-2/h8,10,14,16,20,22,26,28,31-32,34-35,73,77H,6-7,9,11-13,15,17-19,21,23-25,27,29-30,33,36-72H2,1-5H3/p+1/b10-8-,16-14-,22-20-,28-26-,32-31-,35-34-. The molecule has 0 amide bonds. The lowest BCUT2D eigenvalue weighted by Crippen LogP contribution is -2.40. The maximum Gasteiger partial charge on any atom is 0.361 e. The summed E-state index contributed by atoms with van der Waals surface area (Å²) in [5, 5.41) is 9.75. The zero-order chi connectivity index (χ0) is 62.6. The summed E-state index contributed by atoms with van der Waals surface area (Å²) >= 11 is 0. The minimum atomic E-state index is -1.51. The molecule has 0 spiro atoms. The van der Waals surface area contributed by atoms with Gasteiger partial charge >= 0.3 is 17.9 Å². The van der Waals surface area contributed by atoms with Crippen LogP contribution in [0.1, 0.15) is 341 Å². The van der Waals surface area contributed by atoms with Crippen molar-refractivity contribution < 1.29 is 42.9 Å². The van der Waals surface area contributed by atoms with E-state index in [2.05, 4.69) is 86.8 Å². The number of ether oxygens (including phenoxy) is 4. The van der Waals surface area contributed by atoms with Crippen LogP contribution >= 0.6 is 0 Å². The van der Waals surface area contributed by atoms with E-state index in [0.29, 0.717) is 17.4 Å². The number of hydrogen-bond acceptors (Lipinski definition) is 7. The predicted octanol–water partition coefficient (Wildman–Crippen LogP) is 22.9. The van der Waals surface area contributed by atoms with Gasteiger partial charge in [0.1, 0.15) is 13.2 Å². The van der Waals surface area contributed by atoms with Crippen LogP contribution in [0.25, 0.3) is 0 Å². The molecule has 0 aromatic heterocycles. The summed E-state index contributed by atoms with van der Waals surface area (Å²) in [5.74, 6) is -1.98. The van der Waals surface area contributed by atoms with Crippen molar-refractivity contribution in [2.75, 3.05) is 47.5 Å². The monoisotopic (exact) mass is 1210 g/mol. The molecular formula is C77H140NO8+. The third-order valence-corrected chi connectivity index (χ3v) is 16.2. The van der Waals surface area contributed by atoms with Gasteiger partial charge < -0.3 is 28.5 Å². The van der Waals surface area contributed by atoms with Crippen LogP contribution in [-0.2, 0) is 33.3 Å². The molecule has 0 saturated carbocycles. The Balaban J connectivity index is 4.01. The van der Waals surface area contributed by atoms with Crippen LogP contribution in [0.2, 0.25) is 0 Å². The van der Waals surface area contributed by atoms with E-state index in [1.807, 2.05) is 21.1 Å². The minimum Gasteiger partial charge on any atom is -0.477 e. The highest BCUT2D eigenvalue weighted by Gasteiger charge is 2.25.